The Morgan fingerprint density at radius 2 is 1.96 bits per heavy atom. The number of rotatable bonds is 10. The summed E-state index contributed by atoms with van der Waals surface area (Å²) in [5.74, 6) is 1.62. The van der Waals surface area contributed by atoms with Crippen molar-refractivity contribution < 1.29 is 9.84 Å². The van der Waals surface area contributed by atoms with Crippen LogP contribution >= 0.6 is 15.9 Å². The van der Waals surface area contributed by atoms with Gasteiger partial charge in [-0.15, -0.1) is 0 Å². The third-order valence-corrected chi connectivity index (χ3v) is 5.37. The van der Waals surface area contributed by atoms with Gasteiger partial charge in [-0.25, -0.2) is 4.99 Å². The first-order valence-electron chi connectivity index (χ1n) is 8.99. The van der Waals surface area contributed by atoms with Crippen LogP contribution < -0.4 is 15.4 Å². The number of aliphatic hydroxyl groups excluding tert-OH is 1. The number of benzene rings is 1. The van der Waals surface area contributed by atoms with Crippen LogP contribution in [0.5, 0.6) is 5.75 Å². The third kappa shape index (κ3) is 6.86. The van der Waals surface area contributed by atoms with Crippen LogP contribution in [0, 0.1) is 5.41 Å². The highest BCUT2D eigenvalue weighted by Gasteiger charge is 2.25. The molecule has 0 heterocycles. The maximum atomic E-state index is 9.37. The van der Waals surface area contributed by atoms with E-state index in [2.05, 4.69) is 52.3 Å². The van der Waals surface area contributed by atoms with Gasteiger partial charge in [0.2, 0.25) is 0 Å². The minimum atomic E-state index is 0.105. The van der Waals surface area contributed by atoms with Gasteiger partial charge in [-0.05, 0) is 65.2 Å². The second-order valence-corrected chi connectivity index (χ2v) is 7.05. The second kappa shape index (κ2) is 11.4. The molecule has 1 aromatic carbocycles. The maximum absolute atomic E-state index is 9.37. The largest absolute Gasteiger partial charge is 0.496 e. The van der Waals surface area contributed by atoms with E-state index in [-0.39, 0.29) is 12.0 Å². The van der Waals surface area contributed by atoms with Gasteiger partial charge in [0, 0.05) is 19.7 Å². The lowest BCUT2D eigenvalue weighted by atomic mass is 9.79. The number of aliphatic imine (C=N–C) groups is 1. The zero-order valence-corrected chi connectivity index (χ0v) is 17.4. The number of guanidine groups is 1. The predicted molar refractivity (Wildman–Crippen MR) is 108 cm³/mol. The quantitative estimate of drug-likeness (QED) is 0.404. The van der Waals surface area contributed by atoms with Crippen molar-refractivity contribution in [1.82, 2.24) is 10.6 Å². The summed E-state index contributed by atoms with van der Waals surface area (Å²) in [5, 5.41) is 16.1. The Balaban J connectivity index is 2.78. The van der Waals surface area contributed by atoms with Crippen LogP contribution in [0.3, 0.4) is 0 Å². The summed E-state index contributed by atoms with van der Waals surface area (Å²) in [7, 11) is 1.66. The molecule has 0 bridgehead atoms. The molecule has 0 aliphatic heterocycles. The van der Waals surface area contributed by atoms with E-state index in [4.69, 9.17) is 4.74 Å². The summed E-state index contributed by atoms with van der Waals surface area (Å²) in [5.41, 5.74) is 1.21. The van der Waals surface area contributed by atoms with E-state index in [0.29, 0.717) is 6.54 Å². The Hall–Kier alpha value is -1.27. The van der Waals surface area contributed by atoms with Crippen molar-refractivity contribution in [2.45, 2.75) is 46.6 Å². The summed E-state index contributed by atoms with van der Waals surface area (Å²) in [6, 6.07) is 5.99. The number of hydrogen-bond donors (Lipinski definition) is 3. The molecule has 0 spiro atoms. The number of ether oxygens (including phenoxy) is 1. The lowest BCUT2D eigenvalue weighted by Gasteiger charge is -2.32. The number of methoxy groups -OCH3 is 1. The first-order valence-corrected chi connectivity index (χ1v) is 9.78. The first kappa shape index (κ1) is 21.8. The van der Waals surface area contributed by atoms with Crippen LogP contribution in [0.15, 0.2) is 27.7 Å². The molecule has 0 saturated heterocycles. The van der Waals surface area contributed by atoms with Crippen molar-refractivity contribution in [3.63, 3.8) is 0 Å². The average Bonchev–Trinajstić information content (AvgIpc) is 2.63. The Labute approximate surface area is 160 Å². The highest BCUT2D eigenvalue weighted by molar-refractivity contribution is 9.10. The van der Waals surface area contributed by atoms with E-state index < -0.39 is 0 Å². The number of halogens is 1. The molecule has 0 radical (unpaired) electrons. The van der Waals surface area contributed by atoms with Gasteiger partial charge in [0.1, 0.15) is 5.75 Å². The molecule has 0 saturated carbocycles. The fourth-order valence-electron chi connectivity index (χ4n) is 2.77. The lowest BCUT2D eigenvalue weighted by molar-refractivity contribution is 0.169. The van der Waals surface area contributed by atoms with Crippen molar-refractivity contribution >= 4 is 21.9 Å². The monoisotopic (exact) mass is 413 g/mol. The van der Waals surface area contributed by atoms with E-state index in [1.54, 1.807) is 7.11 Å². The minimum absolute atomic E-state index is 0.105. The van der Waals surface area contributed by atoms with Crippen molar-refractivity contribution in [1.29, 1.82) is 0 Å². The molecule has 5 nitrogen and oxygen atoms in total. The van der Waals surface area contributed by atoms with Crippen LogP contribution in [0.2, 0.25) is 0 Å². The molecular weight excluding hydrogens is 382 g/mol. The number of hydrogen-bond acceptors (Lipinski definition) is 3. The van der Waals surface area contributed by atoms with Crippen molar-refractivity contribution in [2.75, 3.05) is 26.8 Å². The zero-order chi connectivity index (χ0) is 18.7. The smallest absolute Gasteiger partial charge is 0.191 e. The summed E-state index contributed by atoms with van der Waals surface area (Å²) in [6.45, 7) is 8.84. The molecule has 1 aromatic rings. The number of nitrogens with zero attached hydrogens (tertiary/aromatic N) is 1. The normalized spacial score (nSPS) is 12.2. The molecule has 0 aliphatic rings. The topological polar surface area (TPSA) is 65.9 Å². The van der Waals surface area contributed by atoms with Gasteiger partial charge in [0.25, 0.3) is 0 Å². The summed E-state index contributed by atoms with van der Waals surface area (Å²) < 4.78 is 6.19. The number of nitrogens with one attached hydrogen (secondary N) is 2. The highest BCUT2D eigenvalue weighted by atomic mass is 79.9. The Morgan fingerprint density at radius 1 is 1.24 bits per heavy atom. The lowest BCUT2D eigenvalue weighted by Crippen LogP contribution is -2.43. The molecule has 6 heteroatoms. The SMILES string of the molecule is CCNC(=NCc1ccc(OC)c(Br)c1)NCC(CC)(CC)CCO. The van der Waals surface area contributed by atoms with E-state index in [0.717, 1.165) is 54.1 Å². The van der Waals surface area contributed by atoms with E-state index in [1.165, 1.54) is 0 Å². The predicted octanol–water partition coefficient (Wildman–Crippen LogP) is 3.70. The van der Waals surface area contributed by atoms with Gasteiger partial charge in [-0.3, -0.25) is 0 Å². The minimum Gasteiger partial charge on any atom is -0.496 e. The Kier molecular flexibility index (Phi) is 9.90. The van der Waals surface area contributed by atoms with Crippen molar-refractivity contribution in [3.05, 3.63) is 28.2 Å². The Morgan fingerprint density at radius 3 is 2.48 bits per heavy atom. The fourth-order valence-corrected chi connectivity index (χ4v) is 3.36. The van der Waals surface area contributed by atoms with E-state index >= 15 is 0 Å². The van der Waals surface area contributed by atoms with Crippen LogP contribution in [0.1, 0.15) is 45.6 Å². The van der Waals surface area contributed by atoms with E-state index in [9.17, 15) is 5.11 Å². The summed E-state index contributed by atoms with van der Waals surface area (Å²) in [6.07, 6.45) is 2.86. The standard InChI is InChI=1S/C19H32BrN3O2/c1-5-19(6-2,10-11-24)14-23-18(21-7-3)22-13-15-8-9-17(25-4)16(20)12-15/h8-9,12,24H,5-7,10-11,13-14H2,1-4H3,(H2,21,22,23). The van der Waals surface area contributed by atoms with Crippen molar-refractivity contribution in [2.24, 2.45) is 10.4 Å². The molecule has 25 heavy (non-hydrogen) atoms. The molecule has 1 rings (SSSR count). The fraction of sp³-hybridized carbons (Fsp3) is 0.632. The van der Waals surface area contributed by atoms with Crippen LogP contribution in [-0.4, -0.2) is 37.9 Å². The molecule has 0 unspecified atom stereocenters. The van der Waals surface area contributed by atoms with E-state index in [1.807, 2.05) is 18.2 Å². The van der Waals surface area contributed by atoms with Crippen LogP contribution in [0.25, 0.3) is 0 Å². The second-order valence-electron chi connectivity index (χ2n) is 6.20. The van der Waals surface area contributed by atoms with Crippen molar-refractivity contribution in [3.8, 4) is 5.75 Å². The van der Waals surface area contributed by atoms with Gasteiger partial charge in [-0.2, -0.15) is 0 Å². The molecule has 142 valence electrons. The molecule has 0 atom stereocenters. The summed E-state index contributed by atoms with van der Waals surface area (Å²) >= 11 is 3.51. The molecule has 0 aliphatic carbocycles. The molecule has 0 aromatic heterocycles. The zero-order valence-electron chi connectivity index (χ0n) is 15.9. The van der Waals surface area contributed by atoms with Gasteiger partial charge in [-0.1, -0.05) is 19.9 Å². The Bertz CT molecular complexity index is 545. The highest BCUT2D eigenvalue weighted by Crippen LogP contribution is 2.29. The molecule has 3 N–H and O–H groups in total. The first-order chi connectivity index (χ1) is 12.0. The average molecular weight is 414 g/mol. The molecular formula is C19H32BrN3O2. The van der Waals surface area contributed by atoms with Gasteiger partial charge < -0.3 is 20.5 Å². The maximum Gasteiger partial charge on any atom is 0.191 e. The summed E-state index contributed by atoms with van der Waals surface area (Å²) in [4.78, 5) is 4.68. The van der Waals surface area contributed by atoms with Crippen LogP contribution in [0.4, 0.5) is 0 Å². The molecule has 0 amide bonds. The van der Waals surface area contributed by atoms with Crippen LogP contribution in [-0.2, 0) is 6.54 Å². The van der Waals surface area contributed by atoms with Gasteiger partial charge in [0.15, 0.2) is 5.96 Å². The van der Waals surface area contributed by atoms with Gasteiger partial charge in [0.05, 0.1) is 18.1 Å². The third-order valence-electron chi connectivity index (χ3n) is 4.75. The van der Waals surface area contributed by atoms with Gasteiger partial charge >= 0.3 is 0 Å². The molecule has 0 fully saturated rings. The number of aliphatic hydroxyl groups is 1.